The highest BCUT2D eigenvalue weighted by atomic mass is 19.4. The van der Waals surface area contributed by atoms with Gasteiger partial charge in [-0.05, 0) is 30.9 Å². The van der Waals surface area contributed by atoms with Crippen LogP contribution in [-0.2, 0) is 15.8 Å². The van der Waals surface area contributed by atoms with E-state index in [0.29, 0.717) is 19.4 Å². The molecule has 29 heavy (non-hydrogen) atoms. The summed E-state index contributed by atoms with van der Waals surface area (Å²) in [6.45, 7) is 3.76. The molecule has 2 heterocycles. The molecule has 0 aromatic carbocycles. The van der Waals surface area contributed by atoms with E-state index in [4.69, 9.17) is 0 Å². The molecule has 1 aliphatic heterocycles. The number of alkyl halides is 3. The number of hydrogen-bond donors (Lipinski definition) is 4. The van der Waals surface area contributed by atoms with Gasteiger partial charge in [0.25, 0.3) is 0 Å². The lowest BCUT2D eigenvalue weighted by Gasteiger charge is -2.40. The Balaban J connectivity index is 1.87. The summed E-state index contributed by atoms with van der Waals surface area (Å²) < 4.78 is 37.7. The second kappa shape index (κ2) is 9.40. The third-order valence-electron chi connectivity index (χ3n) is 4.41. The van der Waals surface area contributed by atoms with Crippen LogP contribution in [0.25, 0.3) is 0 Å². The molecule has 4 N–H and O–H groups in total. The summed E-state index contributed by atoms with van der Waals surface area (Å²) in [6, 6.07) is 1.25. The van der Waals surface area contributed by atoms with Crippen molar-refractivity contribution in [3.8, 4) is 0 Å². The highest BCUT2D eigenvalue weighted by Gasteiger charge is 2.37. The topological polar surface area (TPSA) is 128 Å². The van der Waals surface area contributed by atoms with Crippen LogP contribution in [0.5, 0.6) is 0 Å². The van der Waals surface area contributed by atoms with Crippen molar-refractivity contribution in [3.05, 3.63) is 17.8 Å². The Morgan fingerprint density at radius 2 is 2.00 bits per heavy atom. The van der Waals surface area contributed by atoms with Gasteiger partial charge in [0.1, 0.15) is 6.04 Å². The van der Waals surface area contributed by atoms with E-state index in [1.807, 2.05) is 13.8 Å². The van der Waals surface area contributed by atoms with Crippen LogP contribution in [0.15, 0.2) is 12.1 Å². The van der Waals surface area contributed by atoms with E-state index in [-0.39, 0.29) is 18.3 Å². The summed E-state index contributed by atoms with van der Waals surface area (Å²) >= 11 is 0. The van der Waals surface area contributed by atoms with Crippen LogP contribution >= 0.6 is 0 Å². The van der Waals surface area contributed by atoms with E-state index in [9.17, 15) is 32.8 Å². The molecule has 1 aromatic rings. The van der Waals surface area contributed by atoms with Crippen molar-refractivity contribution in [1.82, 2.24) is 20.8 Å². The summed E-state index contributed by atoms with van der Waals surface area (Å²) in [7, 11) is -1.72. The van der Waals surface area contributed by atoms with Gasteiger partial charge in [0, 0.05) is 6.54 Å². The zero-order chi connectivity index (χ0) is 21.8. The lowest BCUT2D eigenvalue weighted by atomic mass is 9.75. The predicted octanol–water partition coefficient (Wildman–Crippen LogP) is -0.267. The average Bonchev–Trinajstić information content (AvgIpc) is 2.57. The first-order valence-corrected chi connectivity index (χ1v) is 9.09. The van der Waals surface area contributed by atoms with Crippen LogP contribution in [-0.4, -0.2) is 64.3 Å². The second-order valence-corrected chi connectivity index (χ2v) is 7.21. The molecule has 2 rings (SSSR count). The fraction of sp³-hybridized carbons (Fsp3) is 0.625. The third kappa shape index (κ3) is 6.29. The molecule has 0 bridgehead atoms. The molecule has 1 saturated heterocycles. The largest absolute Gasteiger partial charge is 0.475 e. The molecule has 1 fully saturated rings. The number of carbonyl (C=O) groups excluding carboxylic acids is 2. The van der Waals surface area contributed by atoms with E-state index >= 15 is 0 Å². The molecule has 13 heteroatoms. The summed E-state index contributed by atoms with van der Waals surface area (Å²) in [6.07, 6.45) is -3.80. The maximum atomic E-state index is 12.6. The van der Waals surface area contributed by atoms with E-state index in [1.165, 1.54) is 4.90 Å². The molecule has 1 aromatic heterocycles. The van der Waals surface area contributed by atoms with Crippen molar-refractivity contribution in [2.24, 2.45) is 5.92 Å². The lowest BCUT2D eigenvalue weighted by Crippen LogP contribution is -2.58. The Morgan fingerprint density at radius 1 is 1.31 bits per heavy atom. The Bertz CT molecular complexity index is 718. The van der Waals surface area contributed by atoms with Crippen LogP contribution in [0, 0.1) is 5.92 Å². The number of halogens is 3. The lowest BCUT2D eigenvalue weighted by molar-refractivity contribution is -0.141. The van der Waals surface area contributed by atoms with Crippen molar-refractivity contribution < 1.29 is 32.8 Å². The molecule has 2 amide bonds. The van der Waals surface area contributed by atoms with Gasteiger partial charge >= 0.3 is 13.3 Å². The number of hydrogen-bond acceptors (Lipinski definition) is 7. The Hall–Kier alpha value is -2.41. The van der Waals surface area contributed by atoms with E-state index in [0.717, 1.165) is 12.1 Å². The van der Waals surface area contributed by atoms with Gasteiger partial charge < -0.3 is 25.6 Å². The summed E-state index contributed by atoms with van der Waals surface area (Å²) in [5, 5.41) is 30.2. The average molecular weight is 417 g/mol. The van der Waals surface area contributed by atoms with E-state index in [2.05, 4.69) is 20.8 Å². The highest BCUT2D eigenvalue weighted by molar-refractivity contribution is 6.43. The minimum atomic E-state index is -4.60. The minimum Gasteiger partial charge on any atom is -0.426 e. The maximum Gasteiger partial charge on any atom is 0.475 e. The molecule has 0 saturated carbocycles. The molecule has 0 spiro atoms. The number of amides is 2. The first-order chi connectivity index (χ1) is 13.5. The van der Waals surface area contributed by atoms with Crippen LogP contribution in [0.1, 0.15) is 32.4 Å². The summed E-state index contributed by atoms with van der Waals surface area (Å²) in [4.78, 5) is 25.7. The smallest absolute Gasteiger partial charge is 0.426 e. The number of carbonyl (C=O) groups is 2. The number of aromatic nitrogens is 2. The van der Waals surface area contributed by atoms with Gasteiger partial charge in [0.15, 0.2) is 11.5 Å². The Morgan fingerprint density at radius 3 is 2.45 bits per heavy atom. The molecule has 2 atom stereocenters. The number of nitrogens with zero attached hydrogens (tertiary/aromatic N) is 3. The zero-order valence-corrected chi connectivity index (χ0v) is 16.0. The number of anilines is 1. The first-order valence-electron chi connectivity index (χ1n) is 9.09. The van der Waals surface area contributed by atoms with Crippen molar-refractivity contribution in [3.63, 3.8) is 0 Å². The van der Waals surface area contributed by atoms with Crippen molar-refractivity contribution in [2.75, 3.05) is 18.0 Å². The van der Waals surface area contributed by atoms with E-state index in [1.54, 1.807) is 0 Å². The molecular weight excluding hydrogens is 394 g/mol. The van der Waals surface area contributed by atoms with Crippen molar-refractivity contribution in [2.45, 2.75) is 44.8 Å². The fourth-order valence-corrected chi connectivity index (χ4v) is 2.87. The molecule has 0 radical (unpaired) electrons. The summed E-state index contributed by atoms with van der Waals surface area (Å²) in [5.74, 6) is -1.68. The zero-order valence-electron chi connectivity index (χ0n) is 16.0. The Labute approximate surface area is 165 Å². The first kappa shape index (κ1) is 22.9. The van der Waals surface area contributed by atoms with Gasteiger partial charge in [-0.2, -0.15) is 13.2 Å². The van der Waals surface area contributed by atoms with Gasteiger partial charge in [-0.3, -0.25) is 9.59 Å². The van der Waals surface area contributed by atoms with Crippen molar-refractivity contribution >= 4 is 24.8 Å². The molecular formula is C16H23BF3N5O4. The monoisotopic (exact) mass is 417 g/mol. The molecule has 160 valence electrons. The normalized spacial score (nSPS) is 17.5. The van der Waals surface area contributed by atoms with Crippen LogP contribution in [0.4, 0.5) is 19.0 Å². The van der Waals surface area contributed by atoms with Crippen LogP contribution in [0.2, 0.25) is 0 Å². The quantitative estimate of drug-likeness (QED) is 0.429. The van der Waals surface area contributed by atoms with Gasteiger partial charge in [-0.1, -0.05) is 13.8 Å². The van der Waals surface area contributed by atoms with Crippen LogP contribution < -0.4 is 15.5 Å². The third-order valence-corrected chi connectivity index (χ3v) is 4.41. The number of rotatable bonds is 8. The SMILES string of the molecule is CC(C)C[C@H](NC(=O)CNC(=O)[C@@H]1CCN1c1ccc(C(F)(F)F)nn1)B(O)O. The molecule has 0 aliphatic carbocycles. The number of nitrogens with one attached hydrogen (secondary N) is 2. The summed E-state index contributed by atoms with van der Waals surface area (Å²) in [5.41, 5.74) is -1.12. The molecule has 0 unspecified atom stereocenters. The van der Waals surface area contributed by atoms with Gasteiger partial charge in [-0.15, -0.1) is 10.2 Å². The fourth-order valence-electron chi connectivity index (χ4n) is 2.87. The molecule has 9 nitrogen and oxygen atoms in total. The molecule has 1 aliphatic rings. The van der Waals surface area contributed by atoms with E-state index < -0.39 is 42.8 Å². The van der Waals surface area contributed by atoms with Gasteiger partial charge in [-0.25, -0.2) is 0 Å². The second-order valence-electron chi connectivity index (χ2n) is 7.21. The van der Waals surface area contributed by atoms with Gasteiger partial charge in [0.2, 0.25) is 11.8 Å². The minimum absolute atomic E-state index is 0.116. The van der Waals surface area contributed by atoms with Gasteiger partial charge in [0.05, 0.1) is 12.5 Å². The maximum absolute atomic E-state index is 12.6. The van der Waals surface area contributed by atoms with Crippen molar-refractivity contribution in [1.29, 1.82) is 0 Å². The standard InChI is InChI=1S/C16H23BF3N5O4/c1-9(2)7-12(17(28)29)22-14(26)8-21-15(27)10-5-6-25(10)13-4-3-11(23-24-13)16(18,19)20/h3-4,9-10,12,28-29H,5-8H2,1-2H3,(H,21,27)(H,22,26)/t10-,12-/m0/s1. The predicted molar refractivity (Wildman–Crippen MR) is 97.4 cm³/mol. The highest BCUT2D eigenvalue weighted by Crippen LogP contribution is 2.29. The Kier molecular flexibility index (Phi) is 7.41. The van der Waals surface area contributed by atoms with Crippen LogP contribution in [0.3, 0.4) is 0 Å².